The first kappa shape index (κ1) is 8.84. The van der Waals surface area contributed by atoms with Crippen molar-refractivity contribution in [2.75, 3.05) is 0 Å². The topological polar surface area (TPSA) is 25.8 Å². The summed E-state index contributed by atoms with van der Waals surface area (Å²) >= 11 is 5.03. The molecule has 4 heteroatoms. The lowest BCUT2D eigenvalue weighted by molar-refractivity contribution is 1.15. The van der Waals surface area contributed by atoms with Gasteiger partial charge in [-0.2, -0.15) is 0 Å². The van der Waals surface area contributed by atoms with Crippen molar-refractivity contribution in [1.82, 2.24) is 9.97 Å². The van der Waals surface area contributed by atoms with Gasteiger partial charge in [-0.05, 0) is 45.9 Å². The smallest absolute Gasteiger partial charge is 0.117 e. The van der Waals surface area contributed by atoms with Gasteiger partial charge in [-0.1, -0.05) is 0 Å². The zero-order chi connectivity index (χ0) is 9.26. The largest absolute Gasteiger partial charge is 0.235 e. The van der Waals surface area contributed by atoms with E-state index in [1.54, 1.807) is 17.7 Å². The fourth-order valence-electron chi connectivity index (χ4n) is 1.09. The van der Waals surface area contributed by atoms with E-state index in [1.807, 2.05) is 6.07 Å². The Balaban J connectivity index is 2.53. The number of hydrogen-bond acceptors (Lipinski definition) is 3. The maximum Gasteiger partial charge on any atom is 0.117 e. The first-order valence-electron chi connectivity index (χ1n) is 3.79. The molecule has 2 nitrogen and oxygen atoms in total. The van der Waals surface area contributed by atoms with Gasteiger partial charge in [0.1, 0.15) is 10.9 Å². The molecule has 0 aliphatic carbocycles. The van der Waals surface area contributed by atoms with Crippen molar-refractivity contribution in [1.29, 1.82) is 0 Å². The van der Waals surface area contributed by atoms with Gasteiger partial charge in [0.25, 0.3) is 0 Å². The van der Waals surface area contributed by atoms with E-state index in [0.29, 0.717) is 0 Å². The molecule has 0 radical (unpaired) electrons. The van der Waals surface area contributed by atoms with Crippen LogP contribution in [0.3, 0.4) is 0 Å². The fourth-order valence-corrected chi connectivity index (χ4v) is 2.30. The van der Waals surface area contributed by atoms with E-state index in [4.69, 9.17) is 0 Å². The molecule has 0 aromatic carbocycles. The highest BCUT2D eigenvalue weighted by Crippen LogP contribution is 2.27. The first-order chi connectivity index (χ1) is 6.27. The third-order valence-corrected chi connectivity index (χ3v) is 3.20. The molecule has 2 aromatic rings. The lowest BCUT2D eigenvalue weighted by Crippen LogP contribution is -1.84. The lowest BCUT2D eigenvalue weighted by Gasteiger charge is -1.97. The van der Waals surface area contributed by atoms with E-state index in [-0.39, 0.29) is 0 Å². The second-order valence-corrected chi connectivity index (χ2v) is 4.39. The van der Waals surface area contributed by atoms with Crippen molar-refractivity contribution in [2.24, 2.45) is 0 Å². The molecule has 0 aliphatic rings. The molecule has 0 amide bonds. The van der Waals surface area contributed by atoms with Gasteiger partial charge in [-0.15, -0.1) is 11.3 Å². The normalized spacial score (nSPS) is 10.3. The average Bonchev–Trinajstić information content (AvgIpc) is 2.51. The molecule has 2 heterocycles. The van der Waals surface area contributed by atoms with Crippen molar-refractivity contribution in [3.63, 3.8) is 0 Å². The molecule has 0 N–H and O–H groups in total. The zero-order valence-corrected chi connectivity index (χ0v) is 9.39. The van der Waals surface area contributed by atoms with Gasteiger partial charge in [0.05, 0.1) is 10.6 Å². The molecule has 13 heavy (non-hydrogen) atoms. The summed E-state index contributed by atoms with van der Waals surface area (Å²) in [5.74, 6) is 0. The van der Waals surface area contributed by atoms with E-state index in [1.165, 1.54) is 10.4 Å². The van der Waals surface area contributed by atoms with Gasteiger partial charge in [-0.3, -0.25) is 0 Å². The Morgan fingerprint density at radius 3 is 2.85 bits per heavy atom. The molecule has 0 fully saturated rings. The number of halogens is 1. The van der Waals surface area contributed by atoms with Crippen LogP contribution in [0.15, 0.2) is 28.4 Å². The molecular weight excluding hydrogens is 248 g/mol. The maximum atomic E-state index is 4.21. The molecular formula is C9H7BrN2S. The van der Waals surface area contributed by atoms with Crippen LogP contribution in [0.2, 0.25) is 0 Å². The highest BCUT2D eigenvalue weighted by molar-refractivity contribution is 9.10. The Kier molecular flexibility index (Phi) is 2.42. The number of thiophene rings is 1. The summed E-state index contributed by atoms with van der Waals surface area (Å²) in [6.45, 7) is 2.09. The predicted octanol–water partition coefficient (Wildman–Crippen LogP) is 3.28. The number of nitrogens with zero attached hydrogens (tertiary/aromatic N) is 2. The predicted molar refractivity (Wildman–Crippen MR) is 57.8 cm³/mol. The van der Waals surface area contributed by atoms with Gasteiger partial charge < -0.3 is 0 Å². The maximum absolute atomic E-state index is 4.21. The van der Waals surface area contributed by atoms with E-state index >= 15 is 0 Å². The van der Waals surface area contributed by atoms with Crippen LogP contribution in [0.1, 0.15) is 5.56 Å². The minimum Gasteiger partial charge on any atom is -0.235 e. The standard InChI is InChI=1S/C9H7BrN2S/c1-6-2-3-13-9(6)7-4-8(10)12-5-11-7/h2-5H,1H3. The Labute approximate surface area is 88.8 Å². The Morgan fingerprint density at radius 2 is 2.23 bits per heavy atom. The summed E-state index contributed by atoms with van der Waals surface area (Å²) in [6.07, 6.45) is 1.57. The van der Waals surface area contributed by atoms with Crippen molar-refractivity contribution in [3.05, 3.63) is 34.0 Å². The highest BCUT2D eigenvalue weighted by atomic mass is 79.9. The summed E-state index contributed by atoms with van der Waals surface area (Å²) in [5.41, 5.74) is 2.24. The van der Waals surface area contributed by atoms with Crippen LogP contribution in [0, 0.1) is 6.92 Å². The minimum atomic E-state index is 0.824. The third kappa shape index (κ3) is 1.78. The Bertz CT molecular complexity index is 425. The van der Waals surface area contributed by atoms with Crippen LogP contribution in [-0.2, 0) is 0 Å². The van der Waals surface area contributed by atoms with Gasteiger partial charge in [0.15, 0.2) is 0 Å². The molecule has 0 aliphatic heterocycles. The molecule has 0 spiro atoms. The van der Waals surface area contributed by atoms with E-state index in [9.17, 15) is 0 Å². The third-order valence-electron chi connectivity index (χ3n) is 1.73. The first-order valence-corrected chi connectivity index (χ1v) is 5.46. The van der Waals surface area contributed by atoms with Crippen LogP contribution in [0.5, 0.6) is 0 Å². The molecule has 0 saturated carbocycles. The monoisotopic (exact) mass is 254 g/mol. The van der Waals surface area contributed by atoms with Crippen LogP contribution < -0.4 is 0 Å². The summed E-state index contributed by atoms with van der Waals surface area (Å²) < 4.78 is 0.824. The van der Waals surface area contributed by atoms with Gasteiger partial charge in [-0.25, -0.2) is 9.97 Å². The summed E-state index contributed by atoms with van der Waals surface area (Å²) in [4.78, 5) is 9.41. The number of hydrogen-bond donors (Lipinski definition) is 0. The molecule has 66 valence electrons. The van der Waals surface area contributed by atoms with E-state index < -0.39 is 0 Å². The molecule has 2 aromatic heterocycles. The van der Waals surface area contributed by atoms with Crippen molar-refractivity contribution < 1.29 is 0 Å². The molecule has 0 unspecified atom stereocenters. The highest BCUT2D eigenvalue weighted by Gasteiger charge is 2.04. The van der Waals surface area contributed by atoms with Gasteiger partial charge >= 0.3 is 0 Å². The molecule has 2 rings (SSSR count). The molecule has 0 atom stereocenters. The SMILES string of the molecule is Cc1ccsc1-c1cc(Br)ncn1. The fraction of sp³-hybridized carbons (Fsp3) is 0.111. The number of rotatable bonds is 1. The summed E-state index contributed by atoms with van der Waals surface area (Å²) in [5, 5.41) is 2.07. The Morgan fingerprint density at radius 1 is 1.38 bits per heavy atom. The van der Waals surface area contributed by atoms with Crippen molar-refractivity contribution in [3.8, 4) is 10.6 Å². The summed E-state index contributed by atoms with van der Waals surface area (Å²) in [7, 11) is 0. The second kappa shape index (κ2) is 3.55. The van der Waals surface area contributed by atoms with Crippen molar-refractivity contribution >= 4 is 27.3 Å². The van der Waals surface area contributed by atoms with Crippen LogP contribution in [0.4, 0.5) is 0 Å². The second-order valence-electron chi connectivity index (χ2n) is 2.66. The zero-order valence-electron chi connectivity index (χ0n) is 6.99. The van der Waals surface area contributed by atoms with Gasteiger partial charge in [0, 0.05) is 0 Å². The Hall–Kier alpha value is -0.740. The molecule has 0 saturated heterocycles. The minimum absolute atomic E-state index is 0.824. The number of aryl methyl sites for hydroxylation is 1. The van der Waals surface area contributed by atoms with E-state index in [2.05, 4.69) is 44.3 Å². The summed E-state index contributed by atoms with van der Waals surface area (Å²) in [6, 6.07) is 4.02. The van der Waals surface area contributed by atoms with Crippen molar-refractivity contribution in [2.45, 2.75) is 6.92 Å². The molecule has 0 bridgehead atoms. The average molecular weight is 255 g/mol. The van der Waals surface area contributed by atoms with Crippen LogP contribution in [0.25, 0.3) is 10.6 Å². The number of aromatic nitrogens is 2. The van der Waals surface area contributed by atoms with E-state index in [0.717, 1.165) is 10.3 Å². The van der Waals surface area contributed by atoms with Crippen LogP contribution >= 0.6 is 27.3 Å². The van der Waals surface area contributed by atoms with Gasteiger partial charge in [0.2, 0.25) is 0 Å². The lowest BCUT2D eigenvalue weighted by atomic mass is 10.2. The van der Waals surface area contributed by atoms with Crippen LogP contribution in [-0.4, -0.2) is 9.97 Å². The quantitative estimate of drug-likeness (QED) is 0.731.